The summed E-state index contributed by atoms with van der Waals surface area (Å²) in [5.74, 6) is 1.07. The Bertz CT molecular complexity index is 876. The van der Waals surface area contributed by atoms with Crippen molar-refractivity contribution in [1.82, 2.24) is 0 Å². The molecule has 5 rings (SSSR count). The van der Waals surface area contributed by atoms with E-state index in [1.165, 1.54) is 0 Å². The average Bonchev–Trinajstić information content (AvgIpc) is 3.30. The zero-order valence-electron chi connectivity index (χ0n) is 23.2. The molecule has 5 nitrogen and oxygen atoms in total. The molecule has 1 saturated heterocycles. The number of aliphatic hydroxyl groups is 3. The van der Waals surface area contributed by atoms with Crippen LogP contribution in [-0.4, -0.2) is 51.1 Å². The molecule has 0 aromatic rings. The van der Waals surface area contributed by atoms with Gasteiger partial charge in [-0.3, -0.25) is 4.79 Å². The van der Waals surface area contributed by atoms with Crippen molar-refractivity contribution < 1.29 is 24.9 Å². The Morgan fingerprint density at radius 3 is 2.23 bits per heavy atom. The highest BCUT2D eigenvalue weighted by molar-refractivity contribution is 5.86. The lowest BCUT2D eigenvalue weighted by molar-refractivity contribution is -0.238. The summed E-state index contributed by atoms with van der Waals surface area (Å²) in [7, 11) is 0. The van der Waals surface area contributed by atoms with Gasteiger partial charge in [-0.1, -0.05) is 27.7 Å². The van der Waals surface area contributed by atoms with Crippen LogP contribution in [0.2, 0.25) is 0 Å². The maximum absolute atomic E-state index is 13.9. The van der Waals surface area contributed by atoms with E-state index < -0.39 is 16.6 Å². The number of rotatable bonds is 3. The minimum atomic E-state index is -0.928. The summed E-state index contributed by atoms with van der Waals surface area (Å²) in [5.41, 5.74) is -2.02. The zero-order chi connectivity index (χ0) is 25.8. The third-order valence-electron chi connectivity index (χ3n) is 12.9. The van der Waals surface area contributed by atoms with E-state index in [1.54, 1.807) is 13.8 Å². The molecule has 5 fully saturated rings. The van der Waals surface area contributed by atoms with Gasteiger partial charge in [0.25, 0.3) is 0 Å². The Morgan fingerprint density at radius 2 is 1.63 bits per heavy atom. The van der Waals surface area contributed by atoms with E-state index in [1.807, 2.05) is 0 Å². The zero-order valence-corrected chi connectivity index (χ0v) is 23.2. The van der Waals surface area contributed by atoms with Crippen LogP contribution >= 0.6 is 0 Å². The third-order valence-corrected chi connectivity index (χ3v) is 12.9. The normalized spacial score (nSPS) is 53.7. The second kappa shape index (κ2) is 7.77. The Morgan fingerprint density at radius 1 is 0.943 bits per heavy atom. The van der Waals surface area contributed by atoms with Crippen LogP contribution in [0.4, 0.5) is 0 Å². The van der Waals surface area contributed by atoms with Crippen LogP contribution < -0.4 is 0 Å². The molecule has 35 heavy (non-hydrogen) atoms. The highest BCUT2D eigenvalue weighted by Crippen LogP contribution is 2.75. The maximum Gasteiger partial charge on any atom is 0.139 e. The molecule has 5 heteroatoms. The molecule has 10 atom stereocenters. The van der Waals surface area contributed by atoms with E-state index in [9.17, 15) is 20.1 Å². The summed E-state index contributed by atoms with van der Waals surface area (Å²) in [5, 5.41) is 32.6. The van der Waals surface area contributed by atoms with Gasteiger partial charge in [0.2, 0.25) is 0 Å². The highest BCUT2D eigenvalue weighted by Gasteiger charge is 2.73. The molecule has 0 amide bonds. The lowest BCUT2D eigenvalue weighted by Gasteiger charge is -2.70. The molecule has 1 aliphatic heterocycles. The number of aliphatic hydroxyl groups excluding tert-OH is 2. The SMILES string of the molecule is CC(C)(O)C1CCC(C)(C2C(=O)CC3(CO)C2CCC2C4(C)CCC(O)C(C)(C)C4CCC23C)O1. The van der Waals surface area contributed by atoms with E-state index in [4.69, 9.17) is 4.74 Å². The van der Waals surface area contributed by atoms with Crippen LogP contribution in [0.5, 0.6) is 0 Å². The first-order chi connectivity index (χ1) is 16.1. The monoisotopic (exact) mass is 490 g/mol. The molecule has 3 N–H and O–H groups in total. The fraction of sp³-hybridized carbons (Fsp3) is 0.967. The second-order valence-corrected chi connectivity index (χ2v) is 15.2. The Labute approximate surface area is 212 Å². The van der Waals surface area contributed by atoms with Crippen molar-refractivity contribution in [2.45, 2.75) is 130 Å². The van der Waals surface area contributed by atoms with Crippen molar-refractivity contribution in [3.05, 3.63) is 0 Å². The first kappa shape index (κ1) is 26.1. The quantitative estimate of drug-likeness (QED) is 0.524. The Hall–Kier alpha value is -0.490. The summed E-state index contributed by atoms with van der Waals surface area (Å²) < 4.78 is 6.54. The standard InChI is InChI=1S/C30H50O5/c1-25(2)20-10-14-28(6)21(27(20,5)13-11-22(25)33)9-8-18-24(19(32)16-30(18,28)17-31)29(7)15-12-23(35-29)26(3,4)34/h18,20-24,31,33-34H,8-17H2,1-7H3. The minimum Gasteiger partial charge on any atom is -0.396 e. The fourth-order valence-corrected chi connectivity index (χ4v) is 11.0. The van der Waals surface area contributed by atoms with E-state index in [0.29, 0.717) is 18.3 Å². The minimum absolute atomic E-state index is 0.0602. The second-order valence-electron chi connectivity index (χ2n) is 15.2. The number of hydrogen-bond donors (Lipinski definition) is 3. The number of ketones is 1. The fourth-order valence-electron chi connectivity index (χ4n) is 11.0. The number of hydrogen-bond acceptors (Lipinski definition) is 5. The highest BCUT2D eigenvalue weighted by atomic mass is 16.5. The van der Waals surface area contributed by atoms with Crippen LogP contribution in [0.1, 0.15) is 106 Å². The van der Waals surface area contributed by atoms with Crippen LogP contribution in [0, 0.1) is 45.3 Å². The molecular formula is C30H50O5. The number of fused-ring (bicyclic) bond motifs is 5. The van der Waals surface area contributed by atoms with Crippen LogP contribution in [0.15, 0.2) is 0 Å². The van der Waals surface area contributed by atoms with Crippen molar-refractivity contribution in [3.63, 3.8) is 0 Å². The van der Waals surface area contributed by atoms with E-state index >= 15 is 0 Å². The smallest absolute Gasteiger partial charge is 0.139 e. The van der Waals surface area contributed by atoms with Gasteiger partial charge in [-0.05, 0) is 106 Å². The molecule has 5 aliphatic rings. The topological polar surface area (TPSA) is 87.0 Å². The number of carbonyl (C=O) groups excluding carboxylic acids is 1. The molecule has 1 heterocycles. The summed E-state index contributed by atoms with van der Waals surface area (Å²) in [6, 6.07) is 0. The molecule has 0 radical (unpaired) electrons. The molecule has 0 spiro atoms. The largest absolute Gasteiger partial charge is 0.396 e. The van der Waals surface area contributed by atoms with E-state index in [-0.39, 0.29) is 52.7 Å². The predicted molar refractivity (Wildman–Crippen MR) is 136 cm³/mol. The molecule has 4 saturated carbocycles. The van der Waals surface area contributed by atoms with Gasteiger partial charge in [0.1, 0.15) is 5.78 Å². The van der Waals surface area contributed by atoms with Gasteiger partial charge in [0.15, 0.2) is 0 Å². The molecule has 10 unspecified atom stereocenters. The Kier molecular flexibility index (Phi) is 5.80. The van der Waals surface area contributed by atoms with E-state index in [0.717, 1.165) is 51.4 Å². The van der Waals surface area contributed by atoms with Crippen LogP contribution in [-0.2, 0) is 9.53 Å². The predicted octanol–water partition coefficient (Wildman–Crippen LogP) is 4.89. The maximum atomic E-state index is 13.9. The van der Waals surface area contributed by atoms with Crippen molar-refractivity contribution >= 4 is 5.78 Å². The summed E-state index contributed by atoms with van der Waals surface area (Å²) in [6.07, 6.45) is 7.44. The molecular weight excluding hydrogens is 440 g/mol. The van der Waals surface area contributed by atoms with Gasteiger partial charge < -0.3 is 20.1 Å². The van der Waals surface area contributed by atoms with Gasteiger partial charge in [-0.15, -0.1) is 0 Å². The van der Waals surface area contributed by atoms with Crippen molar-refractivity contribution in [3.8, 4) is 0 Å². The summed E-state index contributed by atoms with van der Waals surface area (Å²) >= 11 is 0. The molecule has 0 aromatic carbocycles. The number of ether oxygens (including phenoxy) is 1. The lowest BCUT2D eigenvalue weighted by atomic mass is 9.35. The molecule has 0 bridgehead atoms. The van der Waals surface area contributed by atoms with Gasteiger partial charge >= 0.3 is 0 Å². The first-order valence-electron chi connectivity index (χ1n) is 14.3. The number of Topliss-reactive ketones (excluding diaryl/α,β-unsaturated/α-hetero) is 1. The number of carbonyl (C=O) groups is 1. The van der Waals surface area contributed by atoms with Gasteiger partial charge in [-0.25, -0.2) is 0 Å². The average molecular weight is 491 g/mol. The Balaban J connectivity index is 1.51. The van der Waals surface area contributed by atoms with Crippen molar-refractivity contribution in [1.29, 1.82) is 0 Å². The van der Waals surface area contributed by atoms with Crippen LogP contribution in [0.25, 0.3) is 0 Å². The van der Waals surface area contributed by atoms with Gasteiger partial charge in [0, 0.05) is 24.4 Å². The van der Waals surface area contributed by atoms with E-state index in [2.05, 4.69) is 34.6 Å². The molecule has 200 valence electrons. The van der Waals surface area contributed by atoms with Gasteiger partial charge in [0.05, 0.1) is 23.4 Å². The summed E-state index contributed by atoms with van der Waals surface area (Å²) in [6.45, 7) is 15.1. The van der Waals surface area contributed by atoms with Gasteiger partial charge in [-0.2, -0.15) is 0 Å². The molecule has 4 aliphatic carbocycles. The lowest BCUT2D eigenvalue weighted by Crippen LogP contribution is -2.65. The van der Waals surface area contributed by atoms with Crippen molar-refractivity contribution in [2.24, 2.45) is 45.3 Å². The van der Waals surface area contributed by atoms with Crippen LogP contribution in [0.3, 0.4) is 0 Å². The third kappa shape index (κ3) is 3.29. The first-order valence-corrected chi connectivity index (χ1v) is 14.3. The molecule has 0 aromatic heterocycles. The summed E-state index contributed by atoms with van der Waals surface area (Å²) in [4.78, 5) is 13.9. The van der Waals surface area contributed by atoms with Crippen molar-refractivity contribution in [2.75, 3.05) is 6.61 Å².